The molecule has 1 aromatic heterocycles. The molecule has 2 aromatic rings. The summed E-state index contributed by atoms with van der Waals surface area (Å²) in [4.78, 5) is 3.75. The predicted octanol–water partition coefficient (Wildman–Crippen LogP) is 5.09. The van der Waals surface area contributed by atoms with E-state index in [-0.39, 0.29) is 0 Å². The Morgan fingerprint density at radius 2 is 1.56 bits per heavy atom. The van der Waals surface area contributed by atoms with Gasteiger partial charge in [-0.25, -0.2) is 0 Å². The standard InChI is InChI=1S/C15H13ClN4.C3H5.ClH.Pd/c1-11-4-3-5-12(2)15(11)20-9-8-19(10-20)14-7-6-13(16)17-18-14;1-3-2;;/h3-9H,1-2H3;3H,1-2H2;1H;/q;;;+2/p-1. The van der Waals surface area contributed by atoms with E-state index in [1.165, 1.54) is 17.5 Å². The molecule has 0 bridgehead atoms. The Bertz CT molecular complexity index is 657. The van der Waals surface area contributed by atoms with Crippen molar-refractivity contribution in [3.63, 3.8) is 0 Å². The number of hydrogen-bond acceptors (Lipinski definition) is 4. The third kappa shape index (κ3) is 6.27. The first-order valence-corrected chi connectivity index (χ1v) is 9.55. The summed E-state index contributed by atoms with van der Waals surface area (Å²) in [6, 6.07) is 9.74. The maximum absolute atomic E-state index is 5.74. The van der Waals surface area contributed by atoms with Gasteiger partial charge in [-0.15, -0.1) is 10.2 Å². The van der Waals surface area contributed by atoms with Gasteiger partial charge in [-0.05, 0) is 57.4 Å². The Balaban J connectivity index is 0.000000567. The Kier molecular flexibility index (Phi) is 10.1. The molecule has 3 rings (SSSR count). The molecule has 7 heteroatoms. The minimum atomic E-state index is 0.378. The van der Waals surface area contributed by atoms with Gasteiger partial charge in [0, 0.05) is 18.1 Å². The van der Waals surface area contributed by atoms with E-state index >= 15 is 0 Å². The monoisotopic (exact) mass is 466 g/mol. The first kappa shape index (κ1) is 21.9. The van der Waals surface area contributed by atoms with Gasteiger partial charge in [-0.2, -0.15) is 0 Å². The Hall–Kier alpha value is -1.12. The fourth-order valence-electron chi connectivity index (χ4n) is 2.19. The van der Waals surface area contributed by atoms with Crippen molar-refractivity contribution in [2.75, 3.05) is 9.80 Å². The summed E-state index contributed by atoms with van der Waals surface area (Å²) < 4.78 is 0. The van der Waals surface area contributed by atoms with Gasteiger partial charge in [0.25, 0.3) is 0 Å². The van der Waals surface area contributed by atoms with E-state index in [1.807, 2.05) is 17.3 Å². The number of aromatic nitrogens is 2. The molecule has 1 aliphatic rings. The van der Waals surface area contributed by atoms with Crippen LogP contribution in [0.4, 0.5) is 11.5 Å². The molecule has 0 aliphatic carbocycles. The summed E-state index contributed by atoms with van der Waals surface area (Å²) in [6.07, 6.45) is 5.34. The molecule has 25 heavy (non-hydrogen) atoms. The second kappa shape index (κ2) is 11.5. The second-order valence-corrected chi connectivity index (χ2v) is 5.27. The minimum absolute atomic E-state index is 0.378. The third-order valence-corrected chi connectivity index (χ3v) is 3.33. The zero-order chi connectivity index (χ0) is 18.8. The molecule has 0 unspecified atom stereocenters. The second-order valence-electron chi connectivity index (χ2n) is 4.88. The molecular formula is C18H18Cl2N4Pd+. The molecule has 1 aliphatic heterocycles. The van der Waals surface area contributed by atoms with Crippen LogP contribution in [-0.4, -0.2) is 10.2 Å². The number of halogens is 2. The Morgan fingerprint density at radius 3 is 2.08 bits per heavy atom. The predicted molar refractivity (Wildman–Crippen MR) is 101 cm³/mol. The van der Waals surface area contributed by atoms with Crippen molar-refractivity contribution in [1.29, 1.82) is 0 Å². The van der Waals surface area contributed by atoms with E-state index in [1.54, 1.807) is 17.0 Å². The number of aryl methyl sites for hydroxylation is 2. The zero-order valence-electron chi connectivity index (χ0n) is 13.9. The van der Waals surface area contributed by atoms with E-state index in [0.717, 1.165) is 5.69 Å². The molecule has 0 spiro atoms. The van der Waals surface area contributed by atoms with Crippen molar-refractivity contribution in [2.24, 2.45) is 0 Å². The van der Waals surface area contributed by atoms with Crippen molar-refractivity contribution in [3.8, 4) is 0 Å². The summed E-state index contributed by atoms with van der Waals surface area (Å²) in [7, 11) is 4.49. The van der Waals surface area contributed by atoms with Crippen molar-refractivity contribution in [2.45, 2.75) is 13.8 Å². The van der Waals surface area contributed by atoms with E-state index in [2.05, 4.69) is 90.5 Å². The van der Waals surface area contributed by atoms with Gasteiger partial charge in [-0.3, -0.25) is 4.90 Å². The van der Waals surface area contributed by atoms with Gasteiger partial charge in [0.05, 0.1) is 0 Å². The normalized spacial score (nSPS) is 12.3. The van der Waals surface area contributed by atoms with Gasteiger partial charge < -0.3 is 4.90 Å². The van der Waals surface area contributed by atoms with Crippen LogP contribution in [0, 0.1) is 40.8 Å². The number of benzene rings is 1. The van der Waals surface area contributed by atoms with Crippen molar-refractivity contribution in [1.82, 2.24) is 10.2 Å². The van der Waals surface area contributed by atoms with E-state index in [9.17, 15) is 0 Å². The number of para-hydroxylation sites is 1. The summed E-state index contributed by atoms with van der Waals surface area (Å²) in [5.41, 5.74) is 3.53. The van der Waals surface area contributed by atoms with E-state index in [4.69, 9.17) is 11.6 Å². The third-order valence-electron chi connectivity index (χ3n) is 3.13. The van der Waals surface area contributed by atoms with Crippen LogP contribution in [0.2, 0.25) is 5.15 Å². The molecular weight excluding hydrogens is 450 g/mol. The fourth-order valence-corrected chi connectivity index (χ4v) is 2.29. The van der Waals surface area contributed by atoms with Crippen LogP contribution in [0.3, 0.4) is 0 Å². The molecule has 0 amide bonds. The molecule has 133 valence electrons. The van der Waals surface area contributed by atoms with Crippen LogP contribution in [0.1, 0.15) is 11.1 Å². The average molecular weight is 468 g/mol. The van der Waals surface area contributed by atoms with Gasteiger partial charge in [0.2, 0.25) is 6.67 Å². The molecule has 5 radical (unpaired) electrons. The van der Waals surface area contributed by atoms with E-state index in [0.29, 0.717) is 11.0 Å². The zero-order valence-corrected chi connectivity index (χ0v) is 17.0. The first-order chi connectivity index (χ1) is 12.1. The quantitative estimate of drug-likeness (QED) is 0.576. The van der Waals surface area contributed by atoms with Crippen molar-refractivity contribution in [3.05, 3.63) is 85.9 Å². The molecule has 0 atom stereocenters. The summed E-state index contributed by atoms with van der Waals surface area (Å²) in [6.45, 7) is 13.9. The van der Waals surface area contributed by atoms with Gasteiger partial charge in [0.1, 0.15) is 0 Å². The number of nitrogens with zero attached hydrogens (tertiary/aromatic N) is 4. The maximum atomic E-state index is 5.74. The molecule has 0 saturated carbocycles. The van der Waals surface area contributed by atoms with Gasteiger partial charge >= 0.3 is 27.7 Å². The number of anilines is 2. The van der Waals surface area contributed by atoms with E-state index < -0.39 is 0 Å². The summed E-state index contributed by atoms with van der Waals surface area (Å²) in [5, 5.41) is 8.25. The van der Waals surface area contributed by atoms with Crippen LogP contribution in [0.15, 0.2) is 42.7 Å². The molecule has 0 saturated heterocycles. The SMILES string of the molecule is Cc1cccc(C)c1N1[C]N(c2ccc(Cl)nn2)C=C1.[CH2][CH][CH2].[Cl][Pd+]. The summed E-state index contributed by atoms with van der Waals surface area (Å²) in [5.74, 6) is 0.680. The van der Waals surface area contributed by atoms with Gasteiger partial charge in [0.15, 0.2) is 11.0 Å². The van der Waals surface area contributed by atoms with Crippen LogP contribution in [0.5, 0.6) is 0 Å². The number of hydrogen-bond donors (Lipinski definition) is 0. The Labute approximate surface area is 170 Å². The molecule has 2 heterocycles. The van der Waals surface area contributed by atoms with Crippen LogP contribution >= 0.6 is 21.1 Å². The fraction of sp³-hybridized carbons (Fsp3) is 0.111. The van der Waals surface area contributed by atoms with Crippen molar-refractivity contribution >= 4 is 32.6 Å². The average Bonchev–Trinajstić information content (AvgIpc) is 3.07. The van der Waals surface area contributed by atoms with Gasteiger partial charge in [-0.1, -0.05) is 29.8 Å². The molecule has 1 aromatic carbocycles. The topological polar surface area (TPSA) is 32.3 Å². The van der Waals surface area contributed by atoms with Crippen LogP contribution in [0.25, 0.3) is 0 Å². The summed E-state index contributed by atoms with van der Waals surface area (Å²) >= 11 is 7.97. The molecule has 0 N–H and O–H groups in total. The first-order valence-electron chi connectivity index (χ1n) is 7.17. The molecule has 0 fully saturated rings. The Morgan fingerprint density at radius 1 is 1.00 bits per heavy atom. The number of rotatable bonds is 2. The molecule has 4 nitrogen and oxygen atoms in total. The van der Waals surface area contributed by atoms with Crippen LogP contribution < -0.4 is 9.80 Å². The van der Waals surface area contributed by atoms with Crippen LogP contribution in [-0.2, 0) is 18.2 Å². The van der Waals surface area contributed by atoms with Crippen molar-refractivity contribution < 1.29 is 18.2 Å².